The molecule has 0 unspecified atom stereocenters. The van der Waals surface area contributed by atoms with Crippen molar-refractivity contribution in [2.45, 2.75) is 18.6 Å². The summed E-state index contributed by atoms with van der Waals surface area (Å²) in [4.78, 5) is 23.7. The van der Waals surface area contributed by atoms with E-state index in [1.54, 1.807) is 12.1 Å². The minimum atomic E-state index is -4.61. The van der Waals surface area contributed by atoms with Crippen molar-refractivity contribution in [2.24, 2.45) is 0 Å². The third kappa shape index (κ3) is 5.37. The molecule has 2 rings (SSSR count). The number of amides is 1. The summed E-state index contributed by atoms with van der Waals surface area (Å²) in [6.07, 6.45) is -4.72. The van der Waals surface area contributed by atoms with Crippen LogP contribution in [0, 0.1) is 0 Å². The molecule has 0 spiro atoms. The van der Waals surface area contributed by atoms with Gasteiger partial charge in [0.05, 0.1) is 17.7 Å². The zero-order valence-electron chi connectivity index (χ0n) is 14.0. The standard InChI is InChI=1S/C18H15ClF3NO4/c1-27-15-6-5-10(7-13(15)19)8-14(17(25)26)23-16(24)11-3-2-4-12(9-11)18(20,21)22/h2-7,9,14H,8H2,1H3,(H,23,24)(H,25,26)/t14-/m0/s1. The summed E-state index contributed by atoms with van der Waals surface area (Å²) in [7, 11) is 1.43. The second-order valence-electron chi connectivity index (χ2n) is 5.62. The first-order valence-corrected chi connectivity index (χ1v) is 8.03. The Morgan fingerprint density at radius 2 is 1.93 bits per heavy atom. The molecular formula is C18H15ClF3NO4. The maximum Gasteiger partial charge on any atom is 0.416 e. The molecule has 0 aliphatic carbocycles. The number of hydrogen-bond donors (Lipinski definition) is 2. The number of carboxylic acids is 1. The summed E-state index contributed by atoms with van der Waals surface area (Å²) in [5, 5.41) is 11.8. The van der Waals surface area contributed by atoms with E-state index in [0.717, 1.165) is 12.1 Å². The van der Waals surface area contributed by atoms with Gasteiger partial charge in [-0.2, -0.15) is 13.2 Å². The number of nitrogens with one attached hydrogen (secondary N) is 1. The first-order valence-electron chi connectivity index (χ1n) is 7.65. The van der Waals surface area contributed by atoms with Gasteiger partial charge in [0.1, 0.15) is 11.8 Å². The monoisotopic (exact) mass is 401 g/mol. The Morgan fingerprint density at radius 1 is 1.22 bits per heavy atom. The van der Waals surface area contributed by atoms with Crippen molar-refractivity contribution >= 4 is 23.5 Å². The normalized spacial score (nSPS) is 12.3. The number of methoxy groups -OCH3 is 1. The van der Waals surface area contributed by atoms with Gasteiger partial charge >= 0.3 is 12.1 Å². The van der Waals surface area contributed by atoms with E-state index < -0.39 is 29.7 Å². The van der Waals surface area contributed by atoms with Crippen LogP contribution in [0.3, 0.4) is 0 Å². The molecule has 1 atom stereocenters. The van der Waals surface area contributed by atoms with Crippen LogP contribution in [0.4, 0.5) is 13.2 Å². The number of rotatable bonds is 6. The zero-order valence-corrected chi connectivity index (χ0v) is 14.8. The van der Waals surface area contributed by atoms with Crippen molar-refractivity contribution in [3.8, 4) is 5.75 Å². The second kappa shape index (κ2) is 8.30. The molecule has 1 amide bonds. The molecule has 0 saturated carbocycles. The van der Waals surface area contributed by atoms with Crippen molar-refractivity contribution in [1.29, 1.82) is 0 Å². The van der Waals surface area contributed by atoms with Gasteiger partial charge in [0.2, 0.25) is 0 Å². The van der Waals surface area contributed by atoms with Gasteiger partial charge in [-0.25, -0.2) is 4.79 Å². The topological polar surface area (TPSA) is 75.6 Å². The number of ether oxygens (including phenoxy) is 1. The highest BCUT2D eigenvalue weighted by Gasteiger charge is 2.31. The SMILES string of the molecule is COc1ccc(C[C@H](NC(=O)c2cccc(C(F)(F)F)c2)C(=O)O)cc1Cl. The fraction of sp³-hybridized carbons (Fsp3) is 0.222. The third-order valence-corrected chi connectivity index (χ3v) is 4.01. The molecule has 0 radical (unpaired) electrons. The van der Waals surface area contributed by atoms with Crippen LogP contribution in [0.25, 0.3) is 0 Å². The smallest absolute Gasteiger partial charge is 0.416 e. The van der Waals surface area contributed by atoms with E-state index in [-0.39, 0.29) is 17.0 Å². The fourth-order valence-electron chi connectivity index (χ4n) is 2.35. The van der Waals surface area contributed by atoms with Crippen molar-refractivity contribution in [2.75, 3.05) is 7.11 Å². The lowest BCUT2D eigenvalue weighted by Crippen LogP contribution is -2.42. The van der Waals surface area contributed by atoms with Gasteiger partial charge in [0.15, 0.2) is 0 Å². The molecule has 0 aliphatic rings. The van der Waals surface area contributed by atoms with Crippen LogP contribution < -0.4 is 10.1 Å². The van der Waals surface area contributed by atoms with Crippen LogP contribution >= 0.6 is 11.6 Å². The van der Waals surface area contributed by atoms with Gasteiger partial charge < -0.3 is 15.2 Å². The Balaban J connectivity index is 2.17. The van der Waals surface area contributed by atoms with E-state index in [1.807, 2.05) is 0 Å². The van der Waals surface area contributed by atoms with Gasteiger partial charge in [0, 0.05) is 12.0 Å². The van der Waals surface area contributed by atoms with Crippen LogP contribution in [0.1, 0.15) is 21.5 Å². The Bertz CT molecular complexity index is 855. The predicted molar refractivity (Wildman–Crippen MR) is 92.0 cm³/mol. The molecule has 0 aromatic heterocycles. The molecule has 144 valence electrons. The van der Waals surface area contributed by atoms with E-state index in [9.17, 15) is 27.9 Å². The van der Waals surface area contributed by atoms with Gasteiger partial charge in [-0.05, 0) is 35.9 Å². The largest absolute Gasteiger partial charge is 0.495 e. The summed E-state index contributed by atoms with van der Waals surface area (Å²) in [5.41, 5.74) is -0.773. The molecule has 0 heterocycles. The van der Waals surface area contributed by atoms with E-state index in [0.29, 0.717) is 17.4 Å². The second-order valence-corrected chi connectivity index (χ2v) is 6.02. The number of benzene rings is 2. The van der Waals surface area contributed by atoms with Gasteiger partial charge in [0.25, 0.3) is 5.91 Å². The predicted octanol–water partition coefficient (Wildman–Crippen LogP) is 3.79. The van der Waals surface area contributed by atoms with Crippen LogP contribution in [0.15, 0.2) is 42.5 Å². The quantitative estimate of drug-likeness (QED) is 0.772. The first kappa shape index (κ1) is 20.6. The first-order chi connectivity index (χ1) is 12.6. The Morgan fingerprint density at radius 3 is 2.48 bits per heavy atom. The minimum absolute atomic E-state index is 0.107. The molecule has 27 heavy (non-hydrogen) atoms. The van der Waals surface area contributed by atoms with Crippen LogP contribution in [-0.4, -0.2) is 30.1 Å². The van der Waals surface area contributed by atoms with Crippen LogP contribution in [0.2, 0.25) is 5.02 Å². The lowest BCUT2D eigenvalue weighted by atomic mass is 10.0. The Labute approximate surface area is 157 Å². The number of alkyl halides is 3. The van der Waals surface area contributed by atoms with Gasteiger partial charge in [-0.1, -0.05) is 23.7 Å². The molecule has 9 heteroatoms. The molecular weight excluding hydrogens is 387 g/mol. The lowest BCUT2D eigenvalue weighted by Gasteiger charge is -2.16. The molecule has 5 nitrogen and oxygen atoms in total. The number of carbonyl (C=O) groups excluding carboxylic acids is 1. The molecule has 0 bridgehead atoms. The summed E-state index contributed by atoms with van der Waals surface area (Å²) >= 11 is 5.99. The summed E-state index contributed by atoms with van der Waals surface area (Å²) in [6, 6.07) is 7.01. The summed E-state index contributed by atoms with van der Waals surface area (Å²) < 4.78 is 43.3. The number of carboxylic acid groups (broad SMARTS) is 1. The van der Waals surface area contributed by atoms with Crippen molar-refractivity contribution in [3.05, 3.63) is 64.2 Å². The highest BCUT2D eigenvalue weighted by atomic mass is 35.5. The number of halogens is 4. The molecule has 0 fully saturated rings. The average Bonchev–Trinajstić information content (AvgIpc) is 2.60. The molecule has 0 saturated heterocycles. The molecule has 0 aliphatic heterocycles. The maximum atomic E-state index is 12.8. The molecule has 2 N–H and O–H groups in total. The van der Waals surface area contributed by atoms with E-state index >= 15 is 0 Å². The van der Waals surface area contributed by atoms with E-state index in [1.165, 1.54) is 19.2 Å². The Hall–Kier alpha value is -2.74. The average molecular weight is 402 g/mol. The number of hydrogen-bond acceptors (Lipinski definition) is 3. The lowest BCUT2D eigenvalue weighted by molar-refractivity contribution is -0.139. The fourth-order valence-corrected chi connectivity index (χ4v) is 2.63. The highest BCUT2D eigenvalue weighted by molar-refractivity contribution is 6.32. The van der Waals surface area contributed by atoms with Crippen molar-refractivity contribution in [3.63, 3.8) is 0 Å². The number of carbonyl (C=O) groups is 2. The molecule has 2 aromatic rings. The minimum Gasteiger partial charge on any atom is -0.495 e. The summed E-state index contributed by atoms with van der Waals surface area (Å²) in [6.45, 7) is 0. The third-order valence-electron chi connectivity index (χ3n) is 3.71. The number of aliphatic carboxylic acids is 1. The van der Waals surface area contributed by atoms with Gasteiger partial charge in [-0.15, -0.1) is 0 Å². The van der Waals surface area contributed by atoms with Crippen LogP contribution in [0.5, 0.6) is 5.75 Å². The van der Waals surface area contributed by atoms with E-state index in [2.05, 4.69) is 5.32 Å². The van der Waals surface area contributed by atoms with Crippen molar-refractivity contribution in [1.82, 2.24) is 5.32 Å². The zero-order chi connectivity index (χ0) is 20.2. The van der Waals surface area contributed by atoms with E-state index in [4.69, 9.17) is 16.3 Å². The maximum absolute atomic E-state index is 12.8. The Kier molecular flexibility index (Phi) is 6.32. The van der Waals surface area contributed by atoms with Gasteiger partial charge in [-0.3, -0.25) is 4.79 Å². The van der Waals surface area contributed by atoms with Crippen LogP contribution in [-0.2, 0) is 17.4 Å². The highest BCUT2D eigenvalue weighted by Crippen LogP contribution is 2.29. The van der Waals surface area contributed by atoms with Crippen molar-refractivity contribution < 1.29 is 32.6 Å². The molecule has 2 aromatic carbocycles. The summed E-state index contributed by atoms with van der Waals surface area (Å²) in [5.74, 6) is -1.85.